The minimum Gasteiger partial charge on any atom is -0.335 e. The van der Waals surface area contributed by atoms with E-state index in [2.05, 4.69) is 20.0 Å². The van der Waals surface area contributed by atoms with Gasteiger partial charge in [-0.15, -0.1) is 0 Å². The van der Waals surface area contributed by atoms with Crippen LogP contribution in [0.2, 0.25) is 0 Å². The van der Waals surface area contributed by atoms with E-state index in [0.717, 1.165) is 10.1 Å². The number of rotatable bonds is 5. The molecule has 3 aromatic rings. The first-order valence-corrected chi connectivity index (χ1v) is 9.30. The van der Waals surface area contributed by atoms with Crippen LogP contribution in [0.5, 0.6) is 0 Å². The van der Waals surface area contributed by atoms with E-state index in [0.29, 0.717) is 38.8 Å². The van der Waals surface area contributed by atoms with E-state index in [1.165, 1.54) is 6.07 Å². The lowest BCUT2D eigenvalue weighted by Crippen LogP contribution is -2.48. The SMILES string of the molecule is O=C(c1cc2nc(C(F)F)cc(C(F)F)n2n1)N1CCN(Cc2cccnc2)CC1. The second-order valence-corrected chi connectivity index (χ2v) is 6.94. The van der Waals surface area contributed by atoms with E-state index >= 15 is 0 Å². The Hall–Kier alpha value is -3.08. The van der Waals surface area contributed by atoms with Gasteiger partial charge in [-0.25, -0.2) is 27.1 Å². The number of fused-ring (bicyclic) bond motifs is 1. The number of pyridine rings is 1. The molecular weight excluding hydrogens is 404 g/mol. The summed E-state index contributed by atoms with van der Waals surface area (Å²) < 4.78 is 53.3. The van der Waals surface area contributed by atoms with E-state index in [4.69, 9.17) is 0 Å². The number of alkyl halides is 4. The number of amides is 1. The molecule has 1 aliphatic heterocycles. The topological polar surface area (TPSA) is 66.6 Å². The van der Waals surface area contributed by atoms with Crippen molar-refractivity contribution in [3.8, 4) is 0 Å². The highest BCUT2D eigenvalue weighted by molar-refractivity contribution is 5.93. The van der Waals surface area contributed by atoms with E-state index < -0.39 is 30.1 Å². The summed E-state index contributed by atoms with van der Waals surface area (Å²) >= 11 is 0. The van der Waals surface area contributed by atoms with Crippen LogP contribution in [-0.4, -0.2) is 61.5 Å². The fourth-order valence-corrected chi connectivity index (χ4v) is 3.41. The van der Waals surface area contributed by atoms with Crippen molar-refractivity contribution >= 4 is 11.6 Å². The molecule has 1 amide bonds. The van der Waals surface area contributed by atoms with Crippen LogP contribution in [0.1, 0.15) is 40.3 Å². The average Bonchev–Trinajstić information content (AvgIpc) is 3.18. The molecule has 158 valence electrons. The Morgan fingerprint density at radius 1 is 1.07 bits per heavy atom. The van der Waals surface area contributed by atoms with Crippen LogP contribution in [0, 0.1) is 0 Å². The second-order valence-electron chi connectivity index (χ2n) is 6.94. The third-order valence-electron chi connectivity index (χ3n) is 4.93. The zero-order valence-corrected chi connectivity index (χ0v) is 15.8. The third kappa shape index (κ3) is 4.11. The van der Waals surface area contributed by atoms with Gasteiger partial charge in [0.05, 0.1) is 0 Å². The number of hydrogen-bond donors (Lipinski definition) is 0. The maximum absolute atomic E-state index is 13.3. The second kappa shape index (κ2) is 8.34. The van der Waals surface area contributed by atoms with Crippen LogP contribution in [0.15, 0.2) is 36.7 Å². The van der Waals surface area contributed by atoms with Crippen LogP contribution >= 0.6 is 0 Å². The largest absolute Gasteiger partial charge is 0.335 e. The van der Waals surface area contributed by atoms with Crippen LogP contribution in [-0.2, 0) is 6.54 Å². The standard InChI is InChI=1S/C19H18F4N6O/c20-17(21)13-8-15(18(22)23)29-16(25-13)9-14(26-29)19(30)28-6-4-27(5-7-28)11-12-2-1-3-24-10-12/h1-3,8-10,17-18H,4-7,11H2. The molecule has 4 heterocycles. The molecule has 4 rings (SSSR count). The minimum atomic E-state index is -3.04. The van der Waals surface area contributed by atoms with Gasteiger partial charge in [0.2, 0.25) is 0 Å². The van der Waals surface area contributed by atoms with Gasteiger partial charge in [0, 0.05) is 51.2 Å². The molecule has 0 atom stereocenters. The van der Waals surface area contributed by atoms with Gasteiger partial charge in [-0.3, -0.25) is 14.7 Å². The zero-order valence-electron chi connectivity index (χ0n) is 15.8. The molecule has 0 unspecified atom stereocenters. The molecule has 0 spiro atoms. The van der Waals surface area contributed by atoms with Crippen molar-refractivity contribution in [3.05, 3.63) is 59.3 Å². The fourth-order valence-electron chi connectivity index (χ4n) is 3.41. The number of halogens is 4. The van der Waals surface area contributed by atoms with Gasteiger partial charge in [-0.2, -0.15) is 5.10 Å². The number of hydrogen-bond acceptors (Lipinski definition) is 5. The Balaban J connectivity index is 1.49. The molecule has 0 bridgehead atoms. The summed E-state index contributed by atoms with van der Waals surface area (Å²) in [5.74, 6) is -0.444. The Bertz CT molecular complexity index is 1030. The first-order valence-electron chi connectivity index (χ1n) is 9.30. The van der Waals surface area contributed by atoms with Crippen molar-refractivity contribution in [1.29, 1.82) is 0 Å². The summed E-state index contributed by atoms with van der Waals surface area (Å²) in [6.45, 7) is 2.84. The Morgan fingerprint density at radius 2 is 1.83 bits per heavy atom. The quantitative estimate of drug-likeness (QED) is 0.592. The monoisotopic (exact) mass is 422 g/mol. The molecule has 1 saturated heterocycles. The smallest absolute Gasteiger partial charge is 0.280 e. The number of piperazine rings is 1. The van der Waals surface area contributed by atoms with Gasteiger partial charge in [-0.1, -0.05) is 6.07 Å². The number of carbonyl (C=O) groups excluding carboxylic acids is 1. The molecule has 0 radical (unpaired) electrons. The summed E-state index contributed by atoms with van der Waals surface area (Å²) in [5, 5.41) is 3.91. The molecular formula is C19H18F4N6O. The van der Waals surface area contributed by atoms with Gasteiger partial charge in [-0.05, 0) is 17.7 Å². The van der Waals surface area contributed by atoms with E-state index in [9.17, 15) is 22.4 Å². The van der Waals surface area contributed by atoms with E-state index in [1.807, 2.05) is 12.1 Å². The molecule has 3 aromatic heterocycles. The number of aromatic nitrogens is 4. The van der Waals surface area contributed by atoms with Gasteiger partial charge >= 0.3 is 0 Å². The summed E-state index contributed by atoms with van der Waals surface area (Å²) in [6.07, 6.45) is -2.55. The van der Waals surface area contributed by atoms with Crippen LogP contribution in [0.25, 0.3) is 5.65 Å². The highest BCUT2D eigenvalue weighted by atomic mass is 19.3. The van der Waals surface area contributed by atoms with Gasteiger partial charge in [0.15, 0.2) is 11.3 Å². The molecule has 0 saturated carbocycles. The van der Waals surface area contributed by atoms with Crippen LogP contribution in [0.3, 0.4) is 0 Å². The first kappa shape index (κ1) is 20.2. The number of carbonyl (C=O) groups is 1. The Labute approximate surface area is 168 Å². The predicted molar refractivity (Wildman–Crippen MR) is 98.3 cm³/mol. The Morgan fingerprint density at radius 3 is 2.47 bits per heavy atom. The van der Waals surface area contributed by atoms with Crippen molar-refractivity contribution in [1.82, 2.24) is 29.4 Å². The van der Waals surface area contributed by atoms with Crippen LogP contribution < -0.4 is 0 Å². The summed E-state index contributed by atoms with van der Waals surface area (Å²) in [7, 11) is 0. The maximum Gasteiger partial charge on any atom is 0.280 e. The molecule has 0 aliphatic carbocycles. The molecule has 1 fully saturated rings. The number of nitrogens with zero attached hydrogens (tertiary/aromatic N) is 6. The molecule has 7 nitrogen and oxygen atoms in total. The minimum absolute atomic E-state index is 0.100. The zero-order chi connectivity index (χ0) is 21.3. The van der Waals surface area contributed by atoms with E-state index in [1.54, 1.807) is 17.3 Å². The van der Waals surface area contributed by atoms with Crippen molar-refractivity contribution in [2.75, 3.05) is 26.2 Å². The molecule has 1 aliphatic rings. The summed E-state index contributed by atoms with van der Waals surface area (Å²) in [4.78, 5) is 24.3. The lowest BCUT2D eigenvalue weighted by molar-refractivity contribution is 0.0621. The lowest BCUT2D eigenvalue weighted by Gasteiger charge is -2.34. The van der Waals surface area contributed by atoms with Crippen molar-refractivity contribution in [3.63, 3.8) is 0 Å². The molecule has 30 heavy (non-hydrogen) atoms. The van der Waals surface area contributed by atoms with Crippen LogP contribution in [0.4, 0.5) is 17.6 Å². The summed E-state index contributed by atoms with van der Waals surface area (Å²) in [6, 6.07) is 5.62. The molecule has 0 aromatic carbocycles. The highest BCUT2D eigenvalue weighted by Crippen LogP contribution is 2.25. The molecule has 11 heteroatoms. The van der Waals surface area contributed by atoms with Gasteiger partial charge in [0.1, 0.15) is 11.4 Å². The average molecular weight is 422 g/mol. The van der Waals surface area contributed by atoms with Gasteiger partial charge in [0.25, 0.3) is 18.8 Å². The van der Waals surface area contributed by atoms with Crippen molar-refractivity contribution in [2.24, 2.45) is 0 Å². The van der Waals surface area contributed by atoms with Crippen molar-refractivity contribution in [2.45, 2.75) is 19.4 Å². The van der Waals surface area contributed by atoms with E-state index in [-0.39, 0.29) is 11.3 Å². The molecule has 0 N–H and O–H groups in total. The predicted octanol–water partition coefficient (Wildman–Crippen LogP) is 2.96. The lowest BCUT2D eigenvalue weighted by atomic mass is 10.2. The third-order valence-corrected chi connectivity index (χ3v) is 4.93. The normalized spacial score (nSPS) is 15.5. The fraction of sp³-hybridized carbons (Fsp3) is 0.368. The highest BCUT2D eigenvalue weighted by Gasteiger charge is 2.26. The maximum atomic E-state index is 13.3. The first-order chi connectivity index (χ1) is 14.4. The Kier molecular flexibility index (Phi) is 5.62. The summed E-state index contributed by atoms with van der Waals surface area (Å²) in [5.41, 5.74) is -0.743. The van der Waals surface area contributed by atoms with Gasteiger partial charge < -0.3 is 4.90 Å². The van der Waals surface area contributed by atoms with Crippen molar-refractivity contribution < 1.29 is 22.4 Å².